The van der Waals surface area contributed by atoms with Gasteiger partial charge in [0.25, 0.3) is 5.91 Å². The molecule has 3 nitrogen and oxygen atoms in total. The standard InChI is InChI=1S/C19H19Cl2NO2/c20-16-9-8-14(11-17(16)21)19(24)22-10-4-7-15(12-22)18(23)13-5-2-1-3-6-13/h1-3,5-6,8-9,11,15,18,23H,4,7,10,12H2/t15?,18-/m1/s1. The Morgan fingerprint density at radius 3 is 2.58 bits per heavy atom. The first-order chi connectivity index (χ1) is 11.6. The molecule has 1 N–H and O–H groups in total. The molecule has 0 aliphatic carbocycles. The van der Waals surface area contributed by atoms with Gasteiger partial charge in [-0.15, -0.1) is 0 Å². The van der Waals surface area contributed by atoms with Crippen molar-refractivity contribution in [3.05, 3.63) is 69.7 Å². The molecule has 1 saturated heterocycles. The van der Waals surface area contributed by atoms with Crippen LogP contribution in [0.25, 0.3) is 0 Å². The third kappa shape index (κ3) is 3.75. The first-order valence-corrected chi connectivity index (χ1v) is 8.79. The van der Waals surface area contributed by atoms with Crippen molar-refractivity contribution in [1.82, 2.24) is 4.90 Å². The maximum absolute atomic E-state index is 12.7. The van der Waals surface area contributed by atoms with Gasteiger partial charge in [0, 0.05) is 24.6 Å². The van der Waals surface area contributed by atoms with Crippen LogP contribution in [0.1, 0.15) is 34.9 Å². The number of piperidine rings is 1. The number of likely N-dealkylation sites (tertiary alicyclic amines) is 1. The van der Waals surface area contributed by atoms with Crippen LogP contribution < -0.4 is 0 Å². The molecule has 1 aliphatic rings. The highest BCUT2D eigenvalue weighted by Crippen LogP contribution is 2.31. The van der Waals surface area contributed by atoms with E-state index in [0.717, 1.165) is 18.4 Å². The molecule has 24 heavy (non-hydrogen) atoms. The molecule has 0 bridgehead atoms. The molecule has 3 rings (SSSR count). The fourth-order valence-electron chi connectivity index (χ4n) is 3.19. The predicted octanol–water partition coefficient (Wildman–Crippen LogP) is 4.58. The van der Waals surface area contributed by atoms with E-state index in [1.165, 1.54) is 0 Å². The summed E-state index contributed by atoms with van der Waals surface area (Å²) in [6.45, 7) is 1.23. The SMILES string of the molecule is O=C(c1ccc(Cl)c(Cl)c1)N1CCCC([C@H](O)c2ccccc2)C1. The Morgan fingerprint density at radius 1 is 1.12 bits per heavy atom. The van der Waals surface area contributed by atoms with Crippen LogP contribution >= 0.6 is 23.2 Å². The summed E-state index contributed by atoms with van der Waals surface area (Å²) in [5.41, 5.74) is 1.42. The van der Waals surface area contributed by atoms with Gasteiger partial charge in [-0.05, 0) is 36.6 Å². The van der Waals surface area contributed by atoms with Crippen LogP contribution in [-0.4, -0.2) is 29.0 Å². The summed E-state index contributed by atoms with van der Waals surface area (Å²) in [5.74, 6) is -0.0357. The van der Waals surface area contributed by atoms with E-state index in [1.807, 2.05) is 30.3 Å². The number of carbonyl (C=O) groups is 1. The number of hydrogen-bond acceptors (Lipinski definition) is 2. The Labute approximate surface area is 151 Å². The van der Waals surface area contributed by atoms with Crippen molar-refractivity contribution in [2.75, 3.05) is 13.1 Å². The summed E-state index contributed by atoms with van der Waals surface area (Å²) in [4.78, 5) is 14.5. The molecule has 5 heteroatoms. The zero-order valence-corrected chi connectivity index (χ0v) is 14.7. The Hall–Kier alpha value is -1.55. The van der Waals surface area contributed by atoms with Crippen molar-refractivity contribution >= 4 is 29.1 Å². The van der Waals surface area contributed by atoms with Gasteiger partial charge in [-0.3, -0.25) is 4.79 Å². The van der Waals surface area contributed by atoms with Gasteiger partial charge in [0.2, 0.25) is 0 Å². The number of aliphatic hydroxyl groups excluding tert-OH is 1. The number of aliphatic hydroxyl groups is 1. The monoisotopic (exact) mass is 363 g/mol. The number of nitrogens with zero attached hydrogens (tertiary/aromatic N) is 1. The van der Waals surface area contributed by atoms with Gasteiger partial charge >= 0.3 is 0 Å². The number of benzene rings is 2. The molecule has 2 atom stereocenters. The lowest BCUT2D eigenvalue weighted by Crippen LogP contribution is -2.41. The lowest BCUT2D eigenvalue weighted by Gasteiger charge is -2.35. The summed E-state index contributed by atoms with van der Waals surface area (Å²) in [7, 11) is 0. The summed E-state index contributed by atoms with van der Waals surface area (Å²) in [5, 5.41) is 11.4. The van der Waals surface area contributed by atoms with Crippen molar-refractivity contribution in [1.29, 1.82) is 0 Å². The van der Waals surface area contributed by atoms with Crippen molar-refractivity contribution in [2.45, 2.75) is 18.9 Å². The van der Waals surface area contributed by atoms with Crippen LogP contribution in [0.2, 0.25) is 10.0 Å². The van der Waals surface area contributed by atoms with Crippen LogP contribution in [0.4, 0.5) is 0 Å². The highest BCUT2D eigenvalue weighted by molar-refractivity contribution is 6.42. The molecule has 1 fully saturated rings. The number of rotatable bonds is 3. The Bertz CT molecular complexity index is 721. The minimum atomic E-state index is -0.560. The first-order valence-electron chi connectivity index (χ1n) is 8.03. The number of hydrogen-bond donors (Lipinski definition) is 1. The summed E-state index contributed by atoms with van der Waals surface area (Å²) >= 11 is 11.9. The van der Waals surface area contributed by atoms with Crippen molar-refractivity contribution in [3.63, 3.8) is 0 Å². The third-order valence-corrected chi connectivity index (χ3v) is 5.24. The third-order valence-electron chi connectivity index (χ3n) is 4.50. The van der Waals surface area contributed by atoms with E-state index >= 15 is 0 Å². The molecular weight excluding hydrogens is 345 g/mol. The highest BCUT2D eigenvalue weighted by Gasteiger charge is 2.29. The van der Waals surface area contributed by atoms with Crippen molar-refractivity contribution in [2.24, 2.45) is 5.92 Å². The first kappa shape index (κ1) is 17.3. The summed E-state index contributed by atoms with van der Waals surface area (Å²) in [6, 6.07) is 14.5. The van der Waals surface area contributed by atoms with E-state index < -0.39 is 6.10 Å². The van der Waals surface area contributed by atoms with Gasteiger partial charge in [0.1, 0.15) is 0 Å². The quantitative estimate of drug-likeness (QED) is 0.866. The topological polar surface area (TPSA) is 40.5 Å². The second-order valence-corrected chi connectivity index (χ2v) is 6.95. The molecular formula is C19H19Cl2NO2. The lowest BCUT2D eigenvalue weighted by atomic mass is 9.88. The molecule has 1 unspecified atom stereocenters. The second-order valence-electron chi connectivity index (χ2n) is 6.14. The van der Waals surface area contributed by atoms with E-state index in [4.69, 9.17) is 23.2 Å². The smallest absolute Gasteiger partial charge is 0.253 e. The number of halogens is 2. The Balaban J connectivity index is 1.73. The van der Waals surface area contributed by atoms with Crippen molar-refractivity contribution in [3.8, 4) is 0 Å². The van der Waals surface area contributed by atoms with E-state index in [-0.39, 0.29) is 11.8 Å². The van der Waals surface area contributed by atoms with Gasteiger partial charge in [0.05, 0.1) is 16.1 Å². The van der Waals surface area contributed by atoms with Crippen LogP contribution in [0.3, 0.4) is 0 Å². The Morgan fingerprint density at radius 2 is 1.88 bits per heavy atom. The molecule has 2 aromatic carbocycles. The fraction of sp³-hybridized carbons (Fsp3) is 0.316. The average Bonchev–Trinajstić information content (AvgIpc) is 2.63. The largest absolute Gasteiger partial charge is 0.388 e. The van der Waals surface area contributed by atoms with Crippen LogP contribution in [0.15, 0.2) is 48.5 Å². The van der Waals surface area contributed by atoms with E-state index in [9.17, 15) is 9.90 Å². The van der Waals surface area contributed by atoms with Gasteiger partial charge in [0.15, 0.2) is 0 Å². The lowest BCUT2D eigenvalue weighted by molar-refractivity contribution is 0.0401. The van der Waals surface area contributed by atoms with Crippen LogP contribution in [0.5, 0.6) is 0 Å². The zero-order chi connectivity index (χ0) is 17.1. The minimum Gasteiger partial charge on any atom is -0.388 e. The van der Waals surface area contributed by atoms with Gasteiger partial charge < -0.3 is 10.0 Å². The van der Waals surface area contributed by atoms with Gasteiger partial charge in [-0.2, -0.15) is 0 Å². The zero-order valence-electron chi connectivity index (χ0n) is 13.2. The summed E-state index contributed by atoms with van der Waals surface area (Å²) < 4.78 is 0. The fourth-order valence-corrected chi connectivity index (χ4v) is 3.48. The number of carbonyl (C=O) groups excluding carboxylic acids is 1. The molecule has 1 aliphatic heterocycles. The molecule has 0 radical (unpaired) electrons. The van der Waals surface area contributed by atoms with Gasteiger partial charge in [-0.1, -0.05) is 53.5 Å². The molecule has 1 heterocycles. The minimum absolute atomic E-state index is 0.0351. The molecule has 2 aromatic rings. The maximum atomic E-state index is 12.7. The second kappa shape index (κ2) is 7.56. The van der Waals surface area contributed by atoms with E-state index in [2.05, 4.69) is 0 Å². The van der Waals surface area contributed by atoms with Crippen LogP contribution in [0, 0.1) is 5.92 Å². The van der Waals surface area contributed by atoms with Crippen molar-refractivity contribution < 1.29 is 9.90 Å². The van der Waals surface area contributed by atoms with E-state index in [0.29, 0.717) is 28.7 Å². The summed E-state index contributed by atoms with van der Waals surface area (Å²) in [6.07, 6.45) is 1.22. The molecule has 1 amide bonds. The molecule has 0 spiro atoms. The normalized spacial score (nSPS) is 19.1. The molecule has 0 aromatic heterocycles. The average molecular weight is 364 g/mol. The highest BCUT2D eigenvalue weighted by atomic mass is 35.5. The molecule has 0 saturated carbocycles. The maximum Gasteiger partial charge on any atom is 0.253 e. The number of amides is 1. The van der Waals surface area contributed by atoms with E-state index in [1.54, 1.807) is 23.1 Å². The van der Waals surface area contributed by atoms with Gasteiger partial charge in [-0.25, -0.2) is 0 Å². The predicted molar refractivity (Wildman–Crippen MR) is 96.5 cm³/mol. The Kier molecular flexibility index (Phi) is 5.44. The molecule has 126 valence electrons. The van der Waals surface area contributed by atoms with Crippen LogP contribution in [-0.2, 0) is 0 Å².